The van der Waals surface area contributed by atoms with Gasteiger partial charge in [0.05, 0.1) is 0 Å². The van der Waals surface area contributed by atoms with E-state index in [1.165, 1.54) is 12.1 Å². The van der Waals surface area contributed by atoms with E-state index in [1.807, 2.05) is 19.1 Å². The Morgan fingerprint density at radius 2 is 2.03 bits per heavy atom. The molecule has 2 heterocycles. The number of carbonyl (C=O) groups excluding carboxylic acids is 2. The molecule has 4 rings (SSSR count). The lowest BCUT2D eigenvalue weighted by Crippen LogP contribution is -2.35. The topological polar surface area (TPSA) is 95.2 Å². The minimum absolute atomic E-state index is 0.174. The molecule has 2 aromatic carbocycles. The molecule has 3 aromatic rings. The normalized spacial score (nSPS) is 12.7. The zero-order valence-electron chi connectivity index (χ0n) is 17.9. The second-order valence-corrected chi connectivity index (χ2v) is 7.57. The molecule has 0 fully saturated rings. The first-order valence-electron chi connectivity index (χ1n) is 10.6. The molecule has 0 unspecified atom stereocenters. The van der Waals surface area contributed by atoms with Crippen molar-refractivity contribution in [2.75, 3.05) is 16.8 Å². The van der Waals surface area contributed by atoms with Gasteiger partial charge in [-0.15, -0.1) is 0 Å². The van der Waals surface area contributed by atoms with E-state index >= 15 is 0 Å². The maximum atomic E-state index is 13.1. The molecule has 1 aliphatic rings. The molecule has 0 radical (unpaired) electrons. The van der Waals surface area contributed by atoms with Crippen molar-refractivity contribution in [2.45, 2.75) is 26.2 Å². The van der Waals surface area contributed by atoms with Gasteiger partial charge in [-0.3, -0.25) is 14.4 Å². The summed E-state index contributed by atoms with van der Waals surface area (Å²) in [5.41, 5.74) is 3.92. The minimum atomic E-state index is -0.254. The predicted molar refractivity (Wildman–Crippen MR) is 125 cm³/mol. The van der Waals surface area contributed by atoms with Gasteiger partial charge in [0.25, 0.3) is 11.5 Å². The smallest absolute Gasteiger partial charge is 0.256 e. The lowest BCUT2D eigenvalue weighted by molar-refractivity contribution is -0.114. The van der Waals surface area contributed by atoms with E-state index < -0.39 is 0 Å². The molecule has 0 atom stereocenters. The number of amides is 2. The van der Waals surface area contributed by atoms with Gasteiger partial charge >= 0.3 is 0 Å². The fourth-order valence-corrected chi connectivity index (χ4v) is 3.94. The number of aryl methyl sites for hydroxylation is 1. The third-order valence-corrected chi connectivity index (χ3v) is 5.49. The van der Waals surface area contributed by atoms with Gasteiger partial charge in [-0.2, -0.15) is 0 Å². The zero-order valence-corrected chi connectivity index (χ0v) is 17.9. The number of benzene rings is 2. The van der Waals surface area contributed by atoms with Crippen LogP contribution >= 0.6 is 0 Å². The van der Waals surface area contributed by atoms with E-state index in [0.29, 0.717) is 41.3 Å². The predicted octanol–water partition coefficient (Wildman–Crippen LogP) is 3.72. The van der Waals surface area contributed by atoms with E-state index in [1.54, 1.807) is 35.2 Å². The summed E-state index contributed by atoms with van der Waals surface area (Å²) in [7, 11) is 0. The fraction of sp³-hybridized carbons (Fsp3) is 0.200. The molecular weight excluding hydrogens is 404 g/mol. The number of hydrogen-bond acceptors (Lipinski definition) is 4. The van der Waals surface area contributed by atoms with E-state index in [4.69, 9.17) is 0 Å². The van der Waals surface area contributed by atoms with Gasteiger partial charge in [-0.25, -0.2) is 4.98 Å². The Bertz CT molecular complexity index is 1260. The molecular formula is C25H24N4O3. The zero-order chi connectivity index (χ0) is 22.7. The van der Waals surface area contributed by atoms with Crippen molar-refractivity contribution >= 4 is 23.2 Å². The molecule has 0 spiro atoms. The van der Waals surface area contributed by atoms with Gasteiger partial charge in [0.1, 0.15) is 5.82 Å². The molecule has 2 amide bonds. The molecule has 7 heteroatoms. The van der Waals surface area contributed by atoms with Gasteiger partial charge in [0, 0.05) is 40.8 Å². The molecule has 7 nitrogen and oxygen atoms in total. The highest BCUT2D eigenvalue weighted by Crippen LogP contribution is 2.31. The van der Waals surface area contributed by atoms with Gasteiger partial charge in [-0.05, 0) is 55.2 Å². The number of hydrogen-bond donors (Lipinski definition) is 2. The minimum Gasteiger partial charge on any atom is -0.322 e. The molecule has 162 valence electrons. The maximum Gasteiger partial charge on any atom is 0.256 e. The van der Waals surface area contributed by atoms with Crippen LogP contribution in [-0.4, -0.2) is 28.3 Å². The number of fused-ring (bicyclic) bond motifs is 1. The summed E-state index contributed by atoms with van der Waals surface area (Å²) in [6.45, 7) is 6.11. The highest BCUT2D eigenvalue weighted by atomic mass is 16.2. The van der Waals surface area contributed by atoms with Gasteiger partial charge in [0.2, 0.25) is 5.91 Å². The monoisotopic (exact) mass is 428 g/mol. The number of aromatic amines is 1. The van der Waals surface area contributed by atoms with Crippen molar-refractivity contribution in [3.63, 3.8) is 0 Å². The summed E-state index contributed by atoms with van der Waals surface area (Å²) in [4.78, 5) is 46.2. The third kappa shape index (κ3) is 4.23. The van der Waals surface area contributed by atoms with Crippen molar-refractivity contribution in [2.24, 2.45) is 0 Å². The van der Waals surface area contributed by atoms with E-state index in [9.17, 15) is 14.4 Å². The number of rotatable bonds is 5. The van der Waals surface area contributed by atoms with E-state index in [-0.39, 0.29) is 17.4 Å². The van der Waals surface area contributed by atoms with Gasteiger partial charge in [0.15, 0.2) is 0 Å². The van der Waals surface area contributed by atoms with Crippen molar-refractivity contribution < 1.29 is 9.59 Å². The molecule has 0 aliphatic carbocycles. The molecule has 1 aromatic heterocycles. The molecule has 1 aliphatic heterocycles. The van der Waals surface area contributed by atoms with Crippen molar-refractivity contribution in [3.05, 3.63) is 88.4 Å². The summed E-state index contributed by atoms with van der Waals surface area (Å²) < 4.78 is 0. The Balaban J connectivity index is 1.63. The summed E-state index contributed by atoms with van der Waals surface area (Å²) >= 11 is 0. The third-order valence-electron chi connectivity index (χ3n) is 5.49. The van der Waals surface area contributed by atoms with Crippen LogP contribution in [0.15, 0.2) is 66.0 Å². The van der Waals surface area contributed by atoms with Crippen molar-refractivity contribution in [1.29, 1.82) is 0 Å². The molecule has 0 saturated carbocycles. The quantitative estimate of drug-likeness (QED) is 0.606. The lowest BCUT2D eigenvalue weighted by Gasteiger charge is -2.29. The number of nitrogens with one attached hydrogen (secondary N) is 2. The van der Waals surface area contributed by atoms with Crippen LogP contribution < -0.4 is 15.8 Å². The summed E-state index contributed by atoms with van der Waals surface area (Å²) in [5.74, 6) is 0.0313. The van der Waals surface area contributed by atoms with Crippen LogP contribution in [0.5, 0.6) is 0 Å². The maximum absolute atomic E-state index is 13.1. The largest absolute Gasteiger partial charge is 0.322 e. The first-order chi connectivity index (χ1) is 15.5. The average Bonchev–Trinajstić information content (AvgIpc) is 2.82. The number of nitrogens with zero attached hydrogens (tertiary/aromatic N) is 2. The Hall–Kier alpha value is -4.00. The number of anilines is 2. The Kier molecular flexibility index (Phi) is 5.98. The lowest BCUT2D eigenvalue weighted by atomic mass is 9.95. The molecule has 0 saturated heterocycles. The van der Waals surface area contributed by atoms with Crippen LogP contribution in [0.2, 0.25) is 0 Å². The van der Waals surface area contributed by atoms with Crippen molar-refractivity contribution in [1.82, 2.24) is 9.97 Å². The van der Waals surface area contributed by atoms with Crippen molar-refractivity contribution in [3.8, 4) is 11.4 Å². The standard InChI is InChI=1S/C25H24N4O3/c1-3-17-15-22(30)28-24(26-17)16-8-5-9-18(14-16)27-25(32)20-10-6-12-21-19(20)11-7-13-29(21)23(31)4-2/h4-6,8-10,12,14-15H,2-3,7,11,13H2,1H3,(H,27,32)(H,26,28,30). The van der Waals surface area contributed by atoms with Gasteiger partial charge < -0.3 is 15.2 Å². The Morgan fingerprint density at radius 1 is 1.22 bits per heavy atom. The van der Waals surface area contributed by atoms with Crippen LogP contribution in [0, 0.1) is 0 Å². The summed E-state index contributed by atoms with van der Waals surface area (Å²) in [5, 5.41) is 2.94. The second-order valence-electron chi connectivity index (χ2n) is 7.57. The SMILES string of the molecule is C=CC(=O)N1CCCc2c(C(=O)Nc3cccc(-c4nc(CC)cc(=O)[nH]4)c3)cccc21. The number of H-pyrrole nitrogens is 1. The molecule has 0 bridgehead atoms. The van der Waals surface area contributed by atoms with E-state index in [0.717, 1.165) is 24.1 Å². The Morgan fingerprint density at radius 3 is 2.81 bits per heavy atom. The highest BCUT2D eigenvalue weighted by molar-refractivity contribution is 6.08. The average molecular weight is 428 g/mol. The summed E-state index contributed by atoms with van der Waals surface area (Å²) in [6, 6.07) is 14.1. The van der Waals surface area contributed by atoms with Crippen LogP contribution in [0.4, 0.5) is 11.4 Å². The van der Waals surface area contributed by atoms with Gasteiger partial charge in [-0.1, -0.05) is 31.7 Å². The van der Waals surface area contributed by atoms with Crippen LogP contribution in [0.1, 0.15) is 35.0 Å². The fourth-order valence-electron chi connectivity index (χ4n) is 3.94. The highest BCUT2D eigenvalue weighted by Gasteiger charge is 2.25. The molecule has 2 N–H and O–H groups in total. The number of aromatic nitrogens is 2. The Labute approximate surface area is 185 Å². The second kappa shape index (κ2) is 9.01. The summed E-state index contributed by atoms with van der Waals surface area (Å²) in [6.07, 6.45) is 3.44. The van der Waals surface area contributed by atoms with Crippen LogP contribution in [-0.2, 0) is 17.6 Å². The first-order valence-corrected chi connectivity index (χ1v) is 10.6. The molecule has 32 heavy (non-hydrogen) atoms. The van der Waals surface area contributed by atoms with Crippen LogP contribution in [0.25, 0.3) is 11.4 Å². The number of carbonyl (C=O) groups is 2. The first kappa shape index (κ1) is 21.2. The van der Waals surface area contributed by atoms with Crippen LogP contribution in [0.3, 0.4) is 0 Å². The van der Waals surface area contributed by atoms with E-state index in [2.05, 4.69) is 21.9 Å².